The van der Waals surface area contributed by atoms with Gasteiger partial charge in [0.15, 0.2) is 5.82 Å². The first-order chi connectivity index (χ1) is 5.77. The molecule has 0 aliphatic rings. The summed E-state index contributed by atoms with van der Waals surface area (Å²) in [6, 6.07) is 2.77. The van der Waals surface area contributed by atoms with E-state index in [2.05, 4.69) is 14.9 Å². The maximum atomic E-state index is 10.8. The summed E-state index contributed by atoms with van der Waals surface area (Å²) >= 11 is 0. The van der Waals surface area contributed by atoms with Gasteiger partial charge in [-0.3, -0.25) is 0 Å². The molecule has 0 fully saturated rings. The number of pyridine rings is 1. The number of nitroso groups, excluding NO2 is 1. The lowest BCUT2D eigenvalue weighted by Crippen LogP contribution is -2.00. The van der Waals surface area contributed by atoms with Crippen LogP contribution in [0.25, 0.3) is 0 Å². The van der Waals surface area contributed by atoms with Gasteiger partial charge in [0.05, 0.1) is 12.7 Å². The number of nitrogens with zero attached hydrogens (tertiary/aromatic N) is 2. The van der Waals surface area contributed by atoms with Gasteiger partial charge in [-0.05, 0) is 17.3 Å². The first-order valence-electron chi connectivity index (χ1n) is 3.15. The Morgan fingerprint density at radius 2 is 2.33 bits per heavy atom. The molecule has 0 N–H and O–H groups in total. The van der Waals surface area contributed by atoms with E-state index in [-0.39, 0.29) is 5.82 Å². The number of methoxy groups -OCH3 is 1. The molecule has 0 amide bonds. The van der Waals surface area contributed by atoms with Crippen molar-refractivity contribution in [2.45, 2.75) is 0 Å². The standard InChI is InChI=1S/C7H6N2O3/c1-12-7(10)5-2-3-6(9-11)8-4-5/h2-4H,1H3. The second kappa shape index (κ2) is 3.56. The first kappa shape index (κ1) is 8.32. The minimum absolute atomic E-state index is 0.0441. The van der Waals surface area contributed by atoms with Crippen LogP contribution in [0.1, 0.15) is 10.4 Å². The number of rotatable bonds is 2. The highest BCUT2D eigenvalue weighted by Gasteiger charge is 2.04. The Hall–Kier alpha value is -1.78. The van der Waals surface area contributed by atoms with Gasteiger partial charge in [0, 0.05) is 6.20 Å². The highest BCUT2D eigenvalue weighted by Crippen LogP contribution is 2.07. The van der Waals surface area contributed by atoms with Crippen LogP contribution in [0.4, 0.5) is 5.82 Å². The van der Waals surface area contributed by atoms with E-state index in [1.807, 2.05) is 0 Å². The van der Waals surface area contributed by atoms with Crippen LogP contribution < -0.4 is 0 Å². The fourth-order valence-corrected chi connectivity index (χ4v) is 0.679. The lowest BCUT2D eigenvalue weighted by Gasteiger charge is -1.96. The quantitative estimate of drug-likeness (QED) is 0.490. The Balaban J connectivity index is 2.91. The zero-order chi connectivity index (χ0) is 8.97. The third-order valence-corrected chi connectivity index (χ3v) is 1.26. The molecule has 0 bridgehead atoms. The SMILES string of the molecule is COC(=O)c1ccc(N=O)nc1. The van der Waals surface area contributed by atoms with Crippen molar-refractivity contribution >= 4 is 11.8 Å². The maximum Gasteiger partial charge on any atom is 0.339 e. The van der Waals surface area contributed by atoms with Crippen LogP contribution in [0.15, 0.2) is 23.5 Å². The summed E-state index contributed by atoms with van der Waals surface area (Å²) in [6.45, 7) is 0. The van der Waals surface area contributed by atoms with Crippen LogP contribution in [0.2, 0.25) is 0 Å². The zero-order valence-corrected chi connectivity index (χ0v) is 6.35. The molecular formula is C7H6N2O3. The monoisotopic (exact) mass is 166 g/mol. The molecule has 0 saturated carbocycles. The van der Waals surface area contributed by atoms with Gasteiger partial charge in [-0.15, -0.1) is 4.91 Å². The van der Waals surface area contributed by atoms with E-state index in [4.69, 9.17) is 0 Å². The van der Waals surface area contributed by atoms with Crippen molar-refractivity contribution < 1.29 is 9.53 Å². The summed E-state index contributed by atoms with van der Waals surface area (Å²) in [5.74, 6) is -0.442. The minimum Gasteiger partial charge on any atom is -0.465 e. The summed E-state index contributed by atoms with van der Waals surface area (Å²) in [5.41, 5.74) is 0.296. The first-order valence-corrected chi connectivity index (χ1v) is 3.15. The molecule has 12 heavy (non-hydrogen) atoms. The van der Waals surface area contributed by atoms with Gasteiger partial charge < -0.3 is 4.74 Å². The lowest BCUT2D eigenvalue weighted by atomic mass is 10.3. The molecule has 0 saturated heterocycles. The predicted molar refractivity (Wildman–Crippen MR) is 41.0 cm³/mol. The zero-order valence-electron chi connectivity index (χ0n) is 6.35. The van der Waals surface area contributed by atoms with E-state index in [0.717, 1.165) is 0 Å². The van der Waals surface area contributed by atoms with Crippen molar-refractivity contribution in [2.24, 2.45) is 5.18 Å². The number of aromatic nitrogens is 1. The largest absolute Gasteiger partial charge is 0.465 e. The minimum atomic E-state index is -0.486. The molecule has 0 radical (unpaired) electrons. The fourth-order valence-electron chi connectivity index (χ4n) is 0.679. The third kappa shape index (κ3) is 1.63. The van der Waals surface area contributed by atoms with Crippen molar-refractivity contribution in [3.8, 4) is 0 Å². The number of ether oxygens (including phenoxy) is 1. The summed E-state index contributed by atoms with van der Waals surface area (Å²) < 4.78 is 4.42. The van der Waals surface area contributed by atoms with Crippen molar-refractivity contribution in [3.05, 3.63) is 28.8 Å². The summed E-state index contributed by atoms with van der Waals surface area (Å²) in [6.07, 6.45) is 1.24. The third-order valence-electron chi connectivity index (χ3n) is 1.26. The van der Waals surface area contributed by atoms with Gasteiger partial charge in [-0.2, -0.15) is 0 Å². The highest BCUT2D eigenvalue weighted by molar-refractivity contribution is 5.89. The summed E-state index contributed by atoms with van der Waals surface area (Å²) in [5, 5.41) is 2.58. The van der Waals surface area contributed by atoms with Gasteiger partial charge in [0.2, 0.25) is 0 Å². The van der Waals surface area contributed by atoms with Crippen LogP contribution >= 0.6 is 0 Å². The maximum absolute atomic E-state index is 10.8. The number of hydrogen-bond acceptors (Lipinski definition) is 5. The van der Waals surface area contributed by atoms with Gasteiger partial charge in [-0.25, -0.2) is 9.78 Å². The number of esters is 1. The predicted octanol–water partition coefficient (Wildman–Crippen LogP) is 1.27. The summed E-state index contributed by atoms with van der Waals surface area (Å²) in [4.78, 5) is 24.4. The van der Waals surface area contributed by atoms with E-state index in [9.17, 15) is 9.70 Å². The van der Waals surface area contributed by atoms with Crippen LogP contribution in [0.5, 0.6) is 0 Å². The Kier molecular flexibility index (Phi) is 2.47. The fraction of sp³-hybridized carbons (Fsp3) is 0.143. The van der Waals surface area contributed by atoms with E-state index in [1.54, 1.807) is 0 Å². The Morgan fingerprint density at radius 1 is 1.58 bits per heavy atom. The van der Waals surface area contributed by atoms with E-state index >= 15 is 0 Å². The van der Waals surface area contributed by atoms with Crippen molar-refractivity contribution in [1.29, 1.82) is 0 Å². The second-order valence-electron chi connectivity index (χ2n) is 1.99. The van der Waals surface area contributed by atoms with Crippen LogP contribution in [-0.4, -0.2) is 18.1 Å². The molecule has 62 valence electrons. The summed E-state index contributed by atoms with van der Waals surface area (Å²) in [7, 11) is 1.27. The molecule has 1 rings (SSSR count). The van der Waals surface area contributed by atoms with Crippen LogP contribution in [0.3, 0.4) is 0 Å². The van der Waals surface area contributed by atoms with Crippen molar-refractivity contribution in [3.63, 3.8) is 0 Å². The molecule has 5 heteroatoms. The van der Waals surface area contributed by atoms with Gasteiger partial charge in [-0.1, -0.05) is 0 Å². The lowest BCUT2D eigenvalue weighted by molar-refractivity contribution is 0.0600. The van der Waals surface area contributed by atoms with Crippen LogP contribution in [0, 0.1) is 4.91 Å². The molecule has 0 aromatic carbocycles. The molecule has 1 aromatic heterocycles. The van der Waals surface area contributed by atoms with Crippen molar-refractivity contribution in [2.75, 3.05) is 7.11 Å². The number of carbonyl (C=O) groups is 1. The molecule has 0 aliphatic carbocycles. The molecule has 0 aliphatic heterocycles. The van der Waals surface area contributed by atoms with E-state index < -0.39 is 5.97 Å². The van der Waals surface area contributed by atoms with Gasteiger partial charge in [0.1, 0.15) is 0 Å². The Bertz CT molecular complexity index is 294. The Morgan fingerprint density at radius 3 is 2.75 bits per heavy atom. The normalized spacial score (nSPS) is 9.08. The molecule has 1 heterocycles. The number of hydrogen-bond donors (Lipinski definition) is 0. The highest BCUT2D eigenvalue weighted by atomic mass is 16.5. The topological polar surface area (TPSA) is 68.6 Å². The van der Waals surface area contributed by atoms with Crippen molar-refractivity contribution in [1.82, 2.24) is 4.98 Å². The number of carbonyl (C=O) groups excluding carboxylic acids is 1. The van der Waals surface area contributed by atoms with E-state index in [1.165, 1.54) is 25.4 Å². The molecular weight excluding hydrogens is 160 g/mol. The molecule has 1 aromatic rings. The molecule has 0 atom stereocenters. The molecule has 0 spiro atoms. The average Bonchev–Trinajstić information content (AvgIpc) is 2.17. The average molecular weight is 166 g/mol. The molecule has 0 unspecified atom stereocenters. The second-order valence-corrected chi connectivity index (χ2v) is 1.99. The van der Waals surface area contributed by atoms with Gasteiger partial charge >= 0.3 is 5.97 Å². The van der Waals surface area contributed by atoms with Crippen LogP contribution in [-0.2, 0) is 4.74 Å². The van der Waals surface area contributed by atoms with Gasteiger partial charge in [0.25, 0.3) is 0 Å². The Labute approximate surface area is 68.4 Å². The smallest absolute Gasteiger partial charge is 0.339 e. The van der Waals surface area contributed by atoms with E-state index in [0.29, 0.717) is 5.56 Å². The molecule has 5 nitrogen and oxygen atoms in total.